The first kappa shape index (κ1) is 21.3. The van der Waals surface area contributed by atoms with Crippen LogP contribution in [0.2, 0.25) is 0 Å². The quantitative estimate of drug-likeness (QED) is 0.681. The van der Waals surface area contributed by atoms with Crippen LogP contribution in [0.4, 0.5) is 26.3 Å². The average molecular weight is 433 g/mol. The number of hydrogen-bond acceptors (Lipinski definition) is 5. The lowest BCUT2D eigenvalue weighted by atomic mass is 10.1. The minimum atomic E-state index is -5.35. The van der Waals surface area contributed by atoms with Crippen LogP contribution in [0.1, 0.15) is 11.4 Å². The molecule has 0 amide bonds. The summed E-state index contributed by atoms with van der Waals surface area (Å²) in [6.07, 6.45) is -10.5. The van der Waals surface area contributed by atoms with Crippen molar-refractivity contribution in [3.8, 4) is 0 Å². The molecule has 0 N–H and O–H groups in total. The molecule has 0 atom stereocenters. The molecule has 2 fully saturated rings. The molecule has 3 rings (SSSR count). The topological polar surface area (TPSA) is 62.7 Å². The Hall–Kier alpha value is -1.44. The fraction of sp³-hybridized carbons (Fsp3) is 0.667. The normalized spacial score (nSPS) is 20.9. The summed E-state index contributed by atoms with van der Waals surface area (Å²) >= 11 is 0. The number of rotatable bonds is 4. The molecule has 2 saturated heterocycles. The maximum absolute atomic E-state index is 13.2. The number of halogens is 6. The van der Waals surface area contributed by atoms with Crippen molar-refractivity contribution in [2.75, 3.05) is 45.9 Å². The van der Waals surface area contributed by atoms with E-state index in [4.69, 9.17) is 4.74 Å². The van der Waals surface area contributed by atoms with Crippen LogP contribution >= 0.6 is 0 Å². The third-order valence-electron chi connectivity index (χ3n) is 4.59. The van der Waals surface area contributed by atoms with Crippen LogP contribution in [0.15, 0.2) is 17.0 Å². The predicted molar refractivity (Wildman–Crippen MR) is 83.7 cm³/mol. The number of nitrogens with zero attached hydrogens (tertiary/aromatic N) is 3. The Morgan fingerprint density at radius 3 is 2.07 bits per heavy atom. The molecule has 0 bridgehead atoms. The summed E-state index contributed by atoms with van der Waals surface area (Å²) in [6, 6.07) is 0.570. The van der Waals surface area contributed by atoms with Gasteiger partial charge >= 0.3 is 12.4 Å². The van der Waals surface area contributed by atoms with E-state index in [0.29, 0.717) is 44.8 Å². The maximum atomic E-state index is 13.2. The van der Waals surface area contributed by atoms with Crippen LogP contribution in [0.25, 0.3) is 0 Å². The Morgan fingerprint density at radius 1 is 1.00 bits per heavy atom. The van der Waals surface area contributed by atoms with Gasteiger partial charge in [0, 0.05) is 38.6 Å². The molecule has 1 aromatic rings. The SMILES string of the molecule is O=S(=O)(c1ccc(C(F)(F)F)nc1C(F)(F)F)N1CCN(CC2COC2)CC1. The molecule has 1 aromatic heterocycles. The Morgan fingerprint density at radius 2 is 1.61 bits per heavy atom. The summed E-state index contributed by atoms with van der Waals surface area (Å²) in [5, 5.41) is 0. The molecule has 6 nitrogen and oxygen atoms in total. The molecule has 3 heterocycles. The second-order valence-corrected chi connectivity index (χ2v) is 8.55. The molecule has 13 heteroatoms. The Balaban J connectivity index is 1.83. The Bertz CT molecular complexity index is 815. The summed E-state index contributed by atoms with van der Waals surface area (Å²) in [5.41, 5.74) is -3.86. The number of alkyl halides is 6. The van der Waals surface area contributed by atoms with Crippen molar-refractivity contribution >= 4 is 10.0 Å². The minimum Gasteiger partial charge on any atom is -0.381 e. The van der Waals surface area contributed by atoms with Crippen LogP contribution < -0.4 is 0 Å². The molecular weight excluding hydrogens is 416 g/mol. The molecule has 0 radical (unpaired) electrons. The molecule has 158 valence electrons. The van der Waals surface area contributed by atoms with E-state index in [9.17, 15) is 34.8 Å². The summed E-state index contributed by atoms with van der Waals surface area (Å²) < 4.78 is 109. The highest BCUT2D eigenvalue weighted by Gasteiger charge is 2.44. The Kier molecular flexibility index (Phi) is 5.64. The lowest BCUT2D eigenvalue weighted by molar-refractivity contribution is -0.151. The van der Waals surface area contributed by atoms with Gasteiger partial charge in [-0.3, -0.25) is 0 Å². The summed E-state index contributed by atoms with van der Waals surface area (Å²) in [7, 11) is -4.65. The van der Waals surface area contributed by atoms with Gasteiger partial charge in [-0.2, -0.15) is 30.6 Å². The standard InChI is InChI=1S/C15H17F6N3O3S/c16-14(17,18)12-2-1-11(13(22-12)15(19,20)21)28(25,26)24-5-3-23(4-6-24)7-10-8-27-9-10/h1-2,10H,3-9H2. The van der Waals surface area contributed by atoms with Crippen molar-refractivity contribution in [2.45, 2.75) is 17.2 Å². The number of sulfonamides is 1. The molecule has 2 aliphatic heterocycles. The zero-order chi connectivity index (χ0) is 20.7. The zero-order valence-electron chi connectivity index (χ0n) is 14.4. The average Bonchev–Trinajstić information content (AvgIpc) is 2.56. The van der Waals surface area contributed by atoms with Gasteiger partial charge in [-0.25, -0.2) is 13.4 Å². The molecule has 28 heavy (non-hydrogen) atoms. The zero-order valence-corrected chi connectivity index (χ0v) is 15.2. The van der Waals surface area contributed by atoms with Crippen LogP contribution in [0, 0.1) is 5.92 Å². The van der Waals surface area contributed by atoms with Gasteiger partial charge in [0.05, 0.1) is 13.2 Å². The van der Waals surface area contributed by atoms with Gasteiger partial charge in [-0.1, -0.05) is 0 Å². The fourth-order valence-corrected chi connectivity index (χ4v) is 4.63. The van der Waals surface area contributed by atoms with Gasteiger partial charge in [-0.15, -0.1) is 0 Å². The first-order valence-corrected chi connectivity index (χ1v) is 9.79. The lowest BCUT2D eigenvalue weighted by Crippen LogP contribution is -2.51. The minimum absolute atomic E-state index is 0.0613. The van der Waals surface area contributed by atoms with Gasteiger partial charge in [0.1, 0.15) is 10.6 Å². The maximum Gasteiger partial charge on any atom is 0.434 e. The highest BCUT2D eigenvalue weighted by atomic mass is 32.2. The molecule has 0 aliphatic carbocycles. The van der Waals surface area contributed by atoms with E-state index in [1.165, 1.54) is 0 Å². The summed E-state index contributed by atoms with van der Waals surface area (Å²) in [6.45, 7) is 2.43. The van der Waals surface area contributed by atoms with Gasteiger partial charge < -0.3 is 9.64 Å². The third kappa shape index (κ3) is 4.42. The van der Waals surface area contributed by atoms with Crippen molar-refractivity contribution in [1.29, 1.82) is 0 Å². The number of ether oxygens (including phenoxy) is 1. The first-order valence-electron chi connectivity index (χ1n) is 8.35. The molecule has 0 unspecified atom stereocenters. The monoisotopic (exact) mass is 433 g/mol. The van der Waals surface area contributed by atoms with Crippen LogP contribution in [0.3, 0.4) is 0 Å². The molecule has 2 aliphatic rings. The van der Waals surface area contributed by atoms with E-state index in [1.807, 2.05) is 4.90 Å². The van der Waals surface area contributed by atoms with E-state index >= 15 is 0 Å². The fourth-order valence-electron chi connectivity index (χ4n) is 3.06. The van der Waals surface area contributed by atoms with Crippen molar-refractivity contribution in [3.05, 3.63) is 23.5 Å². The van der Waals surface area contributed by atoms with Crippen molar-refractivity contribution in [2.24, 2.45) is 5.92 Å². The van der Waals surface area contributed by atoms with Crippen molar-refractivity contribution < 1.29 is 39.5 Å². The Labute approximate surface area is 157 Å². The third-order valence-corrected chi connectivity index (χ3v) is 6.52. The molecule has 0 saturated carbocycles. The second kappa shape index (κ2) is 7.43. The van der Waals surface area contributed by atoms with Crippen LogP contribution in [0.5, 0.6) is 0 Å². The number of piperazine rings is 1. The van der Waals surface area contributed by atoms with E-state index in [-0.39, 0.29) is 19.2 Å². The predicted octanol–water partition coefficient (Wildman–Crippen LogP) is 2.07. The number of pyridine rings is 1. The second-order valence-electron chi connectivity index (χ2n) is 6.65. The molecule has 0 aromatic carbocycles. The van der Waals surface area contributed by atoms with Gasteiger partial charge in [0.2, 0.25) is 10.0 Å². The lowest BCUT2D eigenvalue weighted by Gasteiger charge is -2.37. The summed E-state index contributed by atoms with van der Waals surface area (Å²) in [5.74, 6) is 0.346. The summed E-state index contributed by atoms with van der Waals surface area (Å²) in [4.78, 5) is 3.28. The number of hydrogen-bond donors (Lipinski definition) is 0. The smallest absolute Gasteiger partial charge is 0.381 e. The van der Waals surface area contributed by atoms with Crippen molar-refractivity contribution in [1.82, 2.24) is 14.2 Å². The van der Waals surface area contributed by atoms with Gasteiger partial charge in [-0.05, 0) is 12.1 Å². The van der Waals surface area contributed by atoms with Crippen molar-refractivity contribution in [3.63, 3.8) is 0 Å². The highest BCUT2D eigenvalue weighted by molar-refractivity contribution is 7.89. The van der Waals surface area contributed by atoms with E-state index in [2.05, 4.69) is 4.98 Å². The molecule has 0 spiro atoms. The molecular formula is C15H17F6N3O3S. The van der Waals surface area contributed by atoms with E-state index < -0.39 is 38.7 Å². The van der Waals surface area contributed by atoms with Gasteiger partial charge in [0.25, 0.3) is 0 Å². The first-order chi connectivity index (χ1) is 12.9. The highest BCUT2D eigenvalue weighted by Crippen LogP contribution is 2.37. The van der Waals surface area contributed by atoms with E-state index in [0.717, 1.165) is 4.31 Å². The van der Waals surface area contributed by atoms with E-state index in [1.54, 1.807) is 0 Å². The van der Waals surface area contributed by atoms with Crippen LogP contribution in [-0.4, -0.2) is 68.5 Å². The number of aromatic nitrogens is 1. The largest absolute Gasteiger partial charge is 0.434 e. The van der Waals surface area contributed by atoms with Gasteiger partial charge in [0.15, 0.2) is 5.69 Å². The van der Waals surface area contributed by atoms with Crippen LogP contribution in [-0.2, 0) is 27.1 Å².